The zero-order valence-electron chi connectivity index (χ0n) is 14.1. The molecule has 1 amide bonds. The first-order valence-corrected chi connectivity index (χ1v) is 8.28. The minimum absolute atomic E-state index is 0. The summed E-state index contributed by atoms with van der Waals surface area (Å²) in [5.41, 5.74) is 0. The Morgan fingerprint density at radius 3 is 2.57 bits per heavy atom. The van der Waals surface area contributed by atoms with Crippen LogP contribution in [0.3, 0.4) is 0 Å². The lowest BCUT2D eigenvalue weighted by Gasteiger charge is -2.25. The smallest absolute Gasteiger partial charge is 0.243 e. The van der Waals surface area contributed by atoms with Crippen LogP contribution in [0.2, 0.25) is 0 Å². The van der Waals surface area contributed by atoms with Gasteiger partial charge < -0.3 is 15.1 Å². The van der Waals surface area contributed by atoms with Gasteiger partial charge in [-0.2, -0.15) is 0 Å². The number of hydrogen-bond acceptors (Lipinski definition) is 3. The lowest BCUT2D eigenvalue weighted by Crippen LogP contribution is -2.44. The Hall–Kier alpha value is -0.830. The van der Waals surface area contributed by atoms with Gasteiger partial charge in [0.1, 0.15) is 6.54 Å². The van der Waals surface area contributed by atoms with Crippen LogP contribution in [0, 0.1) is 0 Å². The molecule has 7 heteroatoms. The monoisotopic (exact) mass is 433 g/mol. The number of rotatable bonds is 4. The van der Waals surface area contributed by atoms with Crippen LogP contribution in [-0.4, -0.2) is 85.5 Å². The average molecular weight is 433 g/mol. The highest BCUT2D eigenvalue weighted by atomic mass is 127. The Morgan fingerprint density at radius 1 is 1.26 bits per heavy atom. The second-order valence-electron chi connectivity index (χ2n) is 6.66. The van der Waals surface area contributed by atoms with Crippen molar-refractivity contribution in [1.82, 2.24) is 20.0 Å². The van der Waals surface area contributed by atoms with Crippen molar-refractivity contribution in [1.29, 1.82) is 0 Å². The Balaban J connectivity index is 0.00000192. The minimum Gasteiger partial charge on any atom is -0.353 e. The molecule has 2 fully saturated rings. The molecular formula is C16H28IN5O. The highest BCUT2D eigenvalue weighted by molar-refractivity contribution is 14.0. The summed E-state index contributed by atoms with van der Waals surface area (Å²) in [6.07, 6.45) is 8.10. The molecule has 6 nitrogen and oxygen atoms in total. The van der Waals surface area contributed by atoms with Crippen molar-refractivity contribution < 1.29 is 4.79 Å². The fraction of sp³-hybridized carbons (Fsp3) is 0.750. The van der Waals surface area contributed by atoms with Crippen LogP contribution >= 0.6 is 24.0 Å². The van der Waals surface area contributed by atoms with Crippen LogP contribution in [0.15, 0.2) is 17.1 Å². The van der Waals surface area contributed by atoms with Crippen LogP contribution < -0.4 is 5.32 Å². The van der Waals surface area contributed by atoms with E-state index in [0.717, 1.165) is 32.1 Å². The average Bonchev–Trinajstić information content (AvgIpc) is 2.98. The largest absolute Gasteiger partial charge is 0.353 e. The van der Waals surface area contributed by atoms with Crippen molar-refractivity contribution in [3.8, 4) is 0 Å². The molecule has 0 bridgehead atoms. The van der Waals surface area contributed by atoms with E-state index >= 15 is 0 Å². The fourth-order valence-electron chi connectivity index (χ4n) is 2.96. The molecule has 0 aromatic rings. The summed E-state index contributed by atoms with van der Waals surface area (Å²) in [6.45, 7) is 4.40. The second-order valence-corrected chi connectivity index (χ2v) is 6.66. The third-order valence-electron chi connectivity index (χ3n) is 4.60. The molecule has 1 aliphatic carbocycles. The van der Waals surface area contributed by atoms with E-state index < -0.39 is 0 Å². The van der Waals surface area contributed by atoms with Crippen molar-refractivity contribution in [2.75, 3.05) is 46.8 Å². The zero-order chi connectivity index (χ0) is 15.5. The van der Waals surface area contributed by atoms with Crippen molar-refractivity contribution in [3.63, 3.8) is 0 Å². The molecule has 130 valence electrons. The van der Waals surface area contributed by atoms with Gasteiger partial charge in [-0.15, -0.1) is 24.0 Å². The molecule has 1 atom stereocenters. The molecule has 2 aliphatic heterocycles. The molecule has 3 rings (SSSR count). The standard InChI is InChI=1S/C16H27N5O.HI/c1-19(2)15(22)11-17-16(18-13-5-6-13)21-10-7-14(12-21)20-8-3-4-9-20;/h3-4,13-14H,5-12H2,1-2H3,(H,17,18);1H. The highest BCUT2D eigenvalue weighted by Crippen LogP contribution is 2.22. The number of carbonyl (C=O) groups excluding carboxylic acids is 1. The number of guanidine groups is 1. The quantitative estimate of drug-likeness (QED) is 0.308. The van der Waals surface area contributed by atoms with Crippen LogP contribution in [0.4, 0.5) is 0 Å². The lowest BCUT2D eigenvalue weighted by molar-refractivity contribution is -0.127. The summed E-state index contributed by atoms with van der Waals surface area (Å²) >= 11 is 0. The van der Waals surface area contributed by atoms with E-state index in [0.29, 0.717) is 12.1 Å². The predicted octanol–water partition coefficient (Wildman–Crippen LogP) is 0.747. The van der Waals surface area contributed by atoms with E-state index in [1.807, 2.05) is 0 Å². The summed E-state index contributed by atoms with van der Waals surface area (Å²) in [5, 5.41) is 3.51. The molecule has 0 aromatic heterocycles. The van der Waals surface area contributed by atoms with Gasteiger partial charge in [0.05, 0.1) is 0 Å². The fourth-order valence-corrected chi connectivity index (χ4v) is 2.96. The third-order valence-corrected chi connectivity index (χ3v) is 4.60. The third kappa shape index (κ3) is 5.07. The van der Waals surface area contributed by atoms with Gasteiger partial charge in [-0.1, -0.05) is 12.2 Å². The Kier molecular flexibility index (Phi) is 6.70. The molecule has 3 aliphatic rings. The van der Waals surface area contributed by atoms with Gasteiger partial charge in [0.15, 0.2) is 5.96 Å². The maximum absolute atomic E-state index is 11.8. The normalized spacial score (nSPS) is 24.7. The number of aliphatic imine (C=N–C) groups is 1. The highest BCUT2D eigenvalue weighted by Gasteiger charge is 2.32. The van der Waals surface area contributed by atoms with Gasteiger partial charge in [0.25, 0.3) is 0 Å². The summed E-state index contributed by atoms with van der Waals surface area (Å²) in [6, 6.07) is 1.16. The molecular weight excluding hydrogens is 405 g/mol. The van der Waals surface area contributed by atoms with Gasteiger partial charge >= 0.3 is 0 Å². The molecule has 1 unspecified atom stereocenters. The summed E-state index contributed by atoms with van der Waals surface area (Å²) < 4.78 is 0. The van der Waals surface area contributed by atoms with Crippen molar-refractivity contribution in [3.05, 3.63) is 12.2 Å². The van der Waals surface area contributed by atoms with Gasteiger partial charge in [-0.3, -0.25) is 9.69 Å². The van der Waals surface area contributed by atoms with E-state index in [4.69, 9.17) is 0 Å². The summed E-state index contributed by atoms with van der Waals surface area (Å²) in [4.78, 5) is 22.8. The number of hydrogen-bond donors (Lipinski definition) is 1. The first kappa shape index (κ1) is 18.5. The van der Waals surface area contributed by atoms with Gasteiger partial charge in [0.2, 0.25) is 5.91 Å². The van der Waals surface area contributed by atoms with Crippen LogP contribution in [0.1, 0.15) is 19.3 Å². The van der Waals surface area contributed by atoms with E-state index in [1.165, 1.54) is 19.3 Å². The summed E-state index contributed by atoms with van der Waals surface area (Å²) in [5.74, 6) is 0.974. The number of carbonyl (C=O) groups is 1. The van der Waals surface area contributed by atoms with Crippen molar-refractivity contribution >= 4 is 35.8 Å². The van der Waals surface area contributed by atoms with E-state index in [-0.39, 0.29) is 36.4 Å². The lowest BCUT2D eigenvalue weighted by atomic mass is 10.2. The van der Waals surface area contributed by atoms with E-state index in [2.05, 4.69) is 32.3 Å². The Labute approximate surface area is 156 Å². The molecule has 1 saturated carbocycles. The topological polar surface area (TPSA) is 51.2 Å². The van der Waals surface area contributed by atoms with Crippen molar-refractivity contribution in [2.24, 2.45) is 4.99 Å². The molecule has 0 spiro atoms. The number of nitrogens with one attached hydrogen (secondary N) is 1. The van der Waals surface area contributed by atoms with E-state index in [1.54, 1.807) is 19.0 Å². The number of halogens is 1. The number of nitrogens with zero attached hydrogens (tertiary/aromatic N) is 4. The van der Waals surface area contributed by atoms with Gasteiger partial charge in [0, 0.05) is 52.4 Å². The molecule has 1 N–H and O–H groups in total. The number of likely N-dealkylation sites (tertiary alicyclic amines) is 1. The Bertz CT molecular complexity index is 467. The SMILES string of the molecule is CN(C)C(=O)CN=C(NC1CC1)N1CCC(N2CC=CC2)C1.I. The first-order chi connectivity index (χ1) is 10.6. The maximum Gasteiger partial charge on any atom is 0.243 e. The molecule has 2 heterocycles. The van der Waals surface area contributed by atoms with Crippen molar-refractivity contribution in [2.45, 2.75) is 31.3 Å². The zero-order valence-corrected chi connectivity index (χ0v) is 16.4. The Morgan fingerprint density at radius 2 is 1.96 bits per heavy atom. The van der Waals surface area contributed by atoms with Crippen LogP contribution in [-0.2, 0) is 4.79 Å². The summed E-state index contributed by atoms with van der Waals surface area (Å²) in [7, 11) is 3.55. The second kappa shape index (κ2) is 8.32. The van der Waals surface area contributed by atoms with Crippen LogP contribution in [0.5, 0.6) is 0 Å². The first-order valence-electron chi connectivity index (χ1n) is 8.28. The predicted molar refractivity (Wildman–Crippen MR) is 103 cm³/mol. The molecule has 23 heavy (non-hydrogen) atoms. The molecule has 0 aromatic carbocycles. The number of likely N-dealkylation sites (N-methyl/N-ethyl adjacent to an activating group) is 1. The van der Waals surface area contributed by atoms with Gasteiger partial charge in [-0.05, 0) is 19.3 Å². The minimum atomic E-state index is 0. The number of amides is 1. The maximum atomic E-state index is 11.8. The van der Waals surface area contributed by atoms with Crippen LogP contribution in [0.25, 0.3) is 0 Å². The molecule has 0 radical (unpaired) electrons. The molecule has 1 saturated heterocycles. The van der Waals surface area contributed by atoms with E-state index in [9.17, 15) is 4.79 Å². The van der Waals surface area contributed by atoms with Gasteiger partial charge in [-0.25, -0.2) is 4.99 Å².